The van der Waals surface area contributed by atoms with Crippen molar-refractivity contribution >= 4 is 29.0 Å². The number of ether oxygens (including phenoxy) is 1. The van der Waals surface area contributed by atoms with Crippen LogP contribution in [0.2, 0.25) is 0 Å². The highest BCUT2D eigenvalue weighted by atomic mass is 16.6. The molecule has 1 fully saturated rings. The van der Waals surface area contributed by atoms with Gasteiger partial charge >= 0.3 is 0 Å². The number of hydrazone groups is 1. The molecule has 4 atom stereocenters. The van der Waals surface area contributed by atoms with Crippen LogP contribution in [0.1, 0.15) is 11.8 Å². The third kappa shape index (κ3) is 3.88. The van der Waals surface area contributed by atoms with Crippen molar-refractivity contribution in [2.45, 2.75) is 24.5 Å². The fraction of sp³-hybridized carbons (Fsp3) is 0.368. The molecule has 0 aliphatic carbocycles. The SMILES string of the molecule is CN(C)c1ccc(C=NNc2nc3c(=O)[nH]cnc3n2C2OC(CO)C(O)C2O)cc1. The molecule has 164 valence electrons. The highest BCUT2D eigenvalue weighted by molar-refractivity contribution is 5.81. The van der Waals surface area contributed by atoms with Crippen molar-refractivity contribution in [3.8, 4) is 0 Å². The van der Waals surface area contributed by atoms with Crippen LogP contribution in [-0.4, -0.2) is 80.1 Å². The summed E-state index contributed by atoms with van der Waals surface area (Å²) in [5, 5.41) is 34.1. The fourth-order valence-corrected chi connectivity index (χ4v) is 3.36. The van der Waals surface area contributed by atoms with E-state index in [1.165, 1.54) is 10.9 Å². The number of aliphatic hydroxyl groups excluding tert-OH is 3. The second-order valence-electron chi connectivity index (χ2n) is 7.29. The van der Waals surface area contributed by atoms with E-state index in [0.29, 0.717) is 0 Å². The zero-order valence-corrected chi connectivity index (χ0v) is 16.9. The Morgan fingerprint density at radius 2 is 2.03 bits per heavy atom. The summed E-state index contributed by atoms with van der Waals surface area (Å²) in [5.41, 5.74) is 4.26. The predicted molar refractivity (Wildman–Crippen MR) is 113 cm³/mol. The van der Waals surface area contributed by atoms with Crippen LogP contribution in [-0.2, 0) is 4.74 Å². The zero-order chi connectivity index (χ0) is 22.1. The van der Waals surface area contributed by atoms with Crippen LogP contribution in [0.15, 0.2) is 40.5 Å². The predicted octanol–water partition coefficient (Wildman–Crippen LogP) is -0.757. The molecule has 31 heavy (non-hydrogen) atoms. The molecule has 0 spiro atoms. The van der Waals surface area contributed by atoms with Gasteiger partial charge in [0.1, 0.15) is 18.3 Å². The Morgan fingerprint density at radius 3 is 2.68 bits per heavy atom. The molecule has 12 nitrogen and oxygen atoms in total. The first kappa shape index (κ1) is 20.9. The standard InChI is InChI=1S/C19H23N7O5/c1-25(2)11-5-3-10(4-6-11)7-22-24-19-23-13-16(20-9-21-17(13)30)26(19)18-15(29)14(28)12(8-27)31-18/h3-7,9,12,14-15,18,27-29H,8H2,1-2H3,(H,23,24)(H,20,21,30). The number of aromatic amines is 1. The van der Waals surface area contributed by atoms with Crippen LogP contribution in [0, 0.1) is 0 Å². The van der Waals surface area contributed by atoms with E-state index in [0.717, 1.165) is 11.3 Å². The maximum absolute atomic E-state index is 12.2. The van der Waals surface area contributed by atoms with Crippen LogP contribution in [0.3, 0.4) is 0 Å². The van der Waals surface area contributed by atoms with E-state index in [1.54, 1.807) is 6.21 Å². The molecule has 4 unspecified atom stereocenters. The van der Waals surface area contributed by atoms with Crippen molar-refractivity contribution in [3.05, 3.63) is 46.5 Å². The summed E-state index contributed by atoms with van der Waals surface area (Å²) in [5.74, 6) is 0.0789. The van der Waals surface area contributed by atoms with E-state index < -0.39 is 36.7 Å². The Kier molecular flexibility index (Phi) is 5.69. The van der Waals surface area contributed by atoms with Gasteiger partial charge in [-0.25, -0.2) is 15.4 Å². The van der Waals surface area contributed by atoms with Crippen molar-refractivity contribution in [1.29, 1.82) is 0 Å². The lowest BCUT2D eigenvalue weighted by molar-refractivity contribution is -0.0501. The van der Waals surface area contributed by atoms with Gasteiger partial charge in [-0.3, -0.25) is 9.36 Å². The normalized spacial score (nSPS) is 23.6. The molecular weight excluding hydrogens is 406 g/mol. The number of benzene rings is 1. The van der Waals surface area contributed by atoms with Gasteiger partial charge in [-0.05, 0) is 17.7 Å². The number of nitrogens with one attached hydrogen (secondary N) is 2. The molecule has 1 aliphatic rings. The first-order valence-electron chi connectivity index (χ1n) is 9.55. The van der Waals surface area contributed by atoms with E-state index >= 15 is 0 Å². The number of anilines is 2. The first-order chi connectivity index (χ1) is 14.9. The maximum atomic E-state index is 12.2. The van der Waals surface area contributed by atoms with E-state index in [1.807, 2.05) is 43.3 Å². The third-order valence-corrected chi connectivity index (χ3v) is 5.04. The molecule has 2 aromatic heterocycles. The maximum Gasteiger partial charge on any atom is 0.278 e. The first-order valence-corrected chi connectivity index (χ1v) is 9.55. The average molecular weight is 429 g/mol. The van der Waals surface area contributed by atoms with Gasteiger partial charge in [0, 0.05) is 19.8 Å². The number of fused-ring (bicyclic) bond motifs is 1. The summed E-state index contributed by atoms with van der Waals surface area (Å²) in [7, 11) is 3.89. The topological polar surface area (TPSA) is 161 Å². The van der Waals surface area contributed by atoms with E-state index in [-0.39, 0.29) is 17.1 Å². The van der Waals surface area contributed by atoms with Crippen molar-refractivity contribution < 1.29 is 20.1 Å². The van der Waals surface area contributed by atoms with E-state index in [2.05, 4.69) is 25.5 Å². The summed E-state index contributed by atoms with van der Waals surface area (Å²) < 4.78 is 6.93. The monoisotopic (exact) mass is 429 g/mol. The van der Waals surface area contributed by atoms with Gasteiger partial charge in [0.25, 0.3) is 5.56 Å². The van der Waals surface area contributed by atoms with Crippen LogP contribution in [0.5, 0.6) is 0 Å². The molecule has 0 amide bonds. The molecular formula is C19H23N7O5. The van der Waals surface area contributed by atoms with Crippen LogP contribution in [0.4, 0.5) is 11.6 Å². The van der Waals surface area contributed by atoms with Gasteiger partial charge in [0.2, 0.25) is 5.95 Å². The molecule has 0 radical (unpaired) electrons. The van der Waals surface area contributed by atoms with Crippen molar-refractivity contribution in [2.75, 3.05) is 31.0 Å². The van der Waals surface area contributed by atoms with Gasteiger partial charge in [-0.15, -0.1) is 0 Å². The minimum absolute atomic E-state index is 0.00766. The van der Waals surface area contributed by atoms with Crippen LogP contribution in [0.25, 0.3) is 11.2 Å². The highest BCUT2D eigenvalue weighted by Crippen LogP contribution is 2.33. The quantitative estimate of drug-likeness (QED) is 0.251. The minimum Gasteiger partial charge on any atom is -0.394 e. The Bertz CT molecular complexity index is 1140. The number of aromatic nitrogens is 4. The number of H-pyrrole nitrogens is 1. The molecule has 0 saturated carbocycles. The molecule has 1 aliphatic heterocycles. The van der Waals surface area contributed by atoms with Gasteiger partial charge in [-0.2, -0.15) is 5.10 Å². The zero-order valence-electron chi connectivity index (χ0n) is 16.9. The summed E-state index contributed by atoms with van der Waals surface area (Å²) in [6, 6.07) is 7.67. The van der Waals surface area contributed by atoms with Crippen molar-refractivity contribution in [1.82, 2.24) is 19.5 Å². The van der Waals surface area contributed by atoms with Gasteiger partial charge in [0.05, 0.1) is 19.1 Å². The Hall–Kier alpha value is -3.32. The van der Waals surface area contributed by atoms with Gasteiger partial charge in [-0.1, -0.05) is 12.1 Å². The molecule has 1 saturated heterocycles. The molecule has 1 aromatic carbocycles. The second-order valence-corrected chi connectivity index (χ2v) is 7.29. The second kappa shape index (κ2) is 8.43. The minimum atomic E-state index is -1.38. The average Bonchev–Trinajstić information content (AvgIpc) is 3.26. The molecule has 3 heterocycles. The molecule has 0 bridgehead atoms. The Balaban J connectivity index is 1.67. The number of imidazole rings is 1. The van der Waals surface area contributed by atoms with Crippen molar-refractivity contribution in [3.63, 3.8) is 0 Å². The Morgan fingerprint density at radius 1 is 1.29 bits per heavy atom. The third-order valence-electron chi connectivity index (χ3n) is 5.04. The van der Waals surface area contributed by atoms with E-state index in [9.17, 15) is 20.1 Å². The lowest BCUT2D eigenvalue weighted by atomic mass is 10.1. The Labute approximate surface area is 176 Å². The van der Waals surface area contributed by atoms with E-state index in [4.69, 9.17) is 4.74 Å². The molecule has 4 rings (SSSR count). The lowest BCUT2D eigenvalue weighted by Crippen LogP contribution is -2.33. The highest BCUT2D eigenvalue weighted by Gasteiger charge is 2.45. The fourth-order valence-electron chi connectivity index (χ4n) is 3.36. The molecule has 12 heteroatoms. The van der Waals surface area contributed by atoms with Crippen LogP contribution >= 0.6 is 0 Å². The molecule has 5 N–H and O–H groups in total. The number of hydrogen-bond donors (Lipinski definition) is 5. The number of hydrogen-bond acceptors (Lipinski definition) is 10. The number of rotatable bonds is 6. The lowest BCUT2D eigenvalue weighted by Gasteiger charge is -2.18. The number of aliphatic hydroxyl groups is 3. The summed E-state index contributed by atoms with van der Waals surface area (Å²) in [6.07, 6.45) is -2.06. The van der Waals surface area contributed by atoms with Gasteiger partial charge < -0.3 is 29.9 Å². The summed E-state index contributed by atoms with van der Waals surface area (Å²) in [6.45, 7) is -0.487. The number of nitrogens with zero attached hydrogens (tertiary/aromatic N) is 5. The van der Waals surface area contributed by atoms with Crippen LogP contribution < -0.4 is 15.9 Å². The smallest absolute Gasteiger partial charge is 0.278 e. The summed E-state index contributed by atoms with van der Waals surface area (Å²) >= 11 is 0. The largest absolute Gasteiger partial charge is 0.394 e. The molecule has 3 aromatic rings. The summed E-state index contributed by atoms with van der Waals surface area (Å²) in [4.78, 5) is 24.9. The van der Waals surface area contributed by atoms with Gasteiger partial charge in [0.15, 0.2) is 17.4 Å². The van der Waals surface area contributed by atoms with Crippen molar-refractivity contribution in [2.24, 2.45) is 5.10 Å².